The zero-order valence-corrected chi connectivity index (χ0v) is 30.9. The lowest BCUT2D eigenvalue weighted by Gasteiger charge is -2.20. The number of pyridine rings is 1. The molecule has 0 bridgehead atoms. The van der Waals surface area contributed by atoms with E-state index in [2.05, 4.69) is 15.6 Å². The van der Waals surface area contributed by atoms with Gasteiger partial charge in [-0.25, -0.2) is 36.3 Å². The Hall–Kier alpha value is -5.71. The molecule has 17 heteroatoms. The quantitative estimate of drug-likeness (QED) is 0.180. The maximum Gasteiger partial charge on any atom is 0.336 e. The third kappa shape index (κ3) is 9.79. The van der Waals surface area contributed by atoms with Crippen molar-refractivity contribution in [2.24, 2.45) is 12.5 Å². The van der Waals surface area contributed by atoms with Crippen LogP contribution in [0.1, 0.15) is 62.5 Å². The third-order valence-corrected chi connectivity index (χ3v) is 9.15. The second-order valence-electron chi connectivity index (χ2n) is 13.6. The van der Waals surface area contributed by atoms with Crippen molar-refractivity contribution >= 4 is 39.2 Å². The molecular weight excluding hydrogens is 714 g/mol. The Morgan fingerprint density at radius 2 is 1.64 bits per heavy atom. The fourth-order valence-electron chi connectivity index (χ4n) is 4.87. The van der Waals surface area contributed by atoms with E-state index in [4.69, 9.17) is 4.74 Å². The molecule has 0 aliphatic heterocycles. The molecule has 0 aliphatic carbocycles. The van der Waals surface area contributed by atoms with Crippen LogP contribution in [-0.4, -0.2) is 52.5 Å². The smallest absolute Gasteiger partial charge is 0.336 e. The number of carbonyl (C=O) groups excluding carboxylic acids is 3. The zero-order chi connectivity index (χ0) is 39.4. The number of anilines is 2. The molecule has 0 fully saturated rings. The van der Waals surface area contributed by atoms with E-state index in [9.17, 15) is 32.4 Å². The van der Waals surface area contributed by atoms with Gasteiger partial charge in [-0.1, -0.05) is 26.8 Å². The first-order valence-corrected chi connectivity index (χ1v) is 17.9. The van der Waals surface area contributed by atoms with E-state index in [1.165, 1.54) is 54.3 Å². The summed E-state index contributed by atoms with van der Waals surface area (Å²) in [6.45, 7) is 9.86. The Morgan fingerprint density at radius 1 is 0.981 bits per heavy atom. The molecule has 0 radical (unpaired) electrons. The number of nitrogens with one attached hydrogen (secondary N) is 3. The van der Waals surface area contributed by atoms with Crippen LogP contribution in [0.15, 0.2) is 75.4 Å². The second kappa shape index (κ2) is 15.9. The van der Waals surface area contributed by atoms with Gasteiger partial charge in [0.05, 0.1) is 22.3 Å². The normalized spacial score (nSPS) is 12.3. The third-order valence-electron chi connectivity index (χ3n) is 7.77. The van der Waals surface area contributed by atoms with Crippen molar-refractivity contribution < 1.29 is 36.3 Å². The van der Waals surface area contributed by atoms with Crippen LogP contribution in [0.2, 0.25) is 0 Å². The first kappa shape index (κ1) is 40.1. The van der Waals surface area contributed by atoms with E-state index in [1.807, 2.05) is 4.72 Å². The summed E-state index contributed by atoms with van der Waals surface area (Å²) in [6.07, 6.45) is 2.30. The lowest BCUT2D eigenvalue weighted by Crippen LogP contribution is -2.43. The van der Waals surface area contributed by atoms with Crippen molar-refractivity contribution in [1.82, 2.24) is 19.4 Å². The van der Waals surface area contributed by atoms with Gasteiger partial charge in [0.1, 0.15) is 23.5 Å². The molecule has 14 nitrogen and oxygen atoms in total. The van der Waals surface area contributed by atoms with Crippen molar-refractivity contribution in [3.8, 4) is 5.82 Å². The zero-order valence-electron chi connectivity index (χ0n) is 30.1. The lowest BCUT2D eigenvalue weighted by atomic mass is 9.95. The molecule has 4 rings (SSSR count). The van der Waals surface area contributed by atoms with Crippen LogP contribution in [0, 0.1) is 24.0 Å². The Bertz CT molecular complexity index is 2230. The summed E-state index contributed by atoms with van der Waals surface area (Å²) < 4.78 is 65.8. The largest absolute Gasteiger partial charge is 0.461 e. The number of carbonyl (C=O) groups is 3. The lowest BCUT2D eigenvalue weighted by molar-refractivity contribution is -0.149. The highest BCUT2D eigenvalue weighted by Crippen LogP contribution is 2.25. The fourth-order valence-corrected chi connectivity index (χ4v) is 5.93. The summed E-state index contributed by atoms with van der Waals surface area (Å²) in [5, 5.41) is 5.01. The Balaban J connectivity index is 1.49. The van der Waals surface area contributed by atoms with E-state index in [-0.39, 0.29) is 29.5 Å². The van der Waals surface area contributed by atoms with Crippen LogP contribution in [0.3, 0.4) is 0 Å². The summed E-state index contributed by atoms with van der Waals surface area (Å²) in [5.74, 6) is -4.79. The number of amides is 2. The molecule has 3 N–H and O–H groups in total. The van der Waals surface area contributed by atoms with Crippen molar-refractivity contribution in [1.29, 1.82) is 0 Å². The average molecular weight is 755 g/mol. The SMILES string of the molecule is Cc1cn(C)c(=O)n(-c2ccc(CC[C@H](NC(=O)c3cc(F)c(NS(=O)(=O)c4ccc(NC(=O)C(C)(C)C)cc4)cc3F)C(=O)OC(C)C)cn2)c1=O. The van der Waals surface area contributed by atoms with E-state index >= 15 is 8.78 Å². The molecular formula is C36H40F2N6O8S. The predicted octanol–water partition coefficient (Wildman–Crippen LogP) is 3.99. The van der Waals surface area contributed by atoms with Gasteiger partial charge in [0.15, 0.2) is 0 Å². The Morgan fingerprint density at radius 3 is 2.23 bits per heavy atom. The van der Waals surface area contributed by atoms with Gasteiger partial charge in [-0.15, -0.1) is 0 Å². The van der Waals surface area contributed by atoms with Gasteiger partial charge in [-0.05, 0) is 75.6 Å². The first-order valence-electron chi connectivity index (χ1n) is 16.4. The standard InChI is InChI=1S/C36H40F2N6O8S/c1-20(2)52-33(47)28(14-8-22-9-15-30(39-18-22)44-32(46)21(3)19-43(7)35(44)49)41-31(45)25-16-27(38)29(17-26(25)37)42-53(50,51)24-12-10-23(11-13-24)40-34(48)36(4,5)6/h9-13,15-20,28,42H,8,14H2,1-7H3,(H,40,48)(H,41,45)/t28-/m0/s1. The topological polar surface area (TPSA) is 188 Å². The number of benzene rings is 2. The summed E-state index contributed by atoms with van der Waals surface area (Å²) in [7, 11) is -2.93. The molecule has 282 valence electrons. The number of sulfonamides is 1. The second-order valence-corrected chi connectivity index (χ2v) is 15.2. The van der Waals surface area contributed by atoms with Crippen LogP contribution in [-0.2, 0) is 37.8 Å². The molecule has 2 aromatic carbocycles. The molecule has 0 aliphatic rings. The van der Waals surface area contributed by atoms with Gasteiger partial charge >= 0.3 is 11.7 Å². The number of nitrogens with zero attached hydrogens (tertiary/aromatic N) is 3. The highest BCUT2D eigenvalue weighted by Gasteiger charge is 2.27. The number of rotatable bonds is 12. The molecule has 1 atom stereocenters. The molecule has 2 heterocycles. The number of aromatic nitrogens is 3. The minimum absolute atomic E-state index is 0.0643. The Kier molecular flexibility index (Phi) is 12.0. The van der Waals surface area contributed by atoms with Gasteiger partial charge in [0.25, 0.3) is 21.5 Å². The van der Waals surface area contributed by atoms with Crippen LogP contribution >= 0.6 is 0 Å². The van der Waals surface area contributed by atoms with Gasteiger partial charge in [-0.2, -0.15) is 0 Å². The monoisotopic (exact) mass is 754 g/mol. The average Bonchev–Trinajstić information content (AvgIpc) is 3.07. The van der Waals surface area contributed by atoms with E-state index < -0.39 is 73.6 Å². The van der Waals surface area contributed by atoms with Crippen LogP contribution in [0.4, 0.5) is 20.2 Å². The predicted molar refractivity (Wildman–Crippen MR) is 192 cm³/mol. The fraction of sp³-hybridized carbons (Fsp3) is 0.333. The minimum Gasteiger partial charge on any atom is -0.461 e. The van der Waals surface area contributed by atoms with Crippen molar-refractivity contribution in [2.45, 2.75) is 71.4 Å². The number of hydrogen-bond acceptors (Lipinski definition) is 9. The molecule has 0 spiro atoms. The van der Waals surface area contributed by atoms with Gasteiger partial charge in [-0.3, -0.25) is 19.1 Å². The highest BCUT2D eigenvalue weighted by atomic mass is 32.2. The van der Waals surface area contributed by atoms with Crippen molar-refractivity contribution in [3.63, 3.8) is 0 Å². The van der Waals surface area contributed by atoms with Crippen LogP contribution in [0.5, 0.6) is 0 Å². The van der Waals surface area contributed by atoms with Gasteiger partial charge in [0, 0.05) is 42.2 Å². The van der Waals surface area contributed by atoms with Crippen LogP contribution in [0.25, 0.3) is 5.82 Å². The first-order chi connectivity index (χ1) is 24.7. The summed E-state index contributed by atoms with van der Waals surface area (Å²) in [4.78, 5) is 67.4. The number of hydrogen-bond donors (Lipinski definition) is 3. The number of ether oxygens (including phenoxy) is 1. The van der Waals surface area contributed by atoms with Gasteiger partial charge < -0.3 is 19.9 Å². The summed E-state index contributed by atoms with van der Waals surface area (Å²) >= 11 is 0. The summed E-state index contributed by atoms with van der Waals surface area (Å²) in [6, 6.07) is 7.73. The molecule has 0 saturated heterocycles. The van der Waals surface area contributed by atoms with E-state index in [0.29, 0.717) is 28.9 Å². The molecule has 4 aromatic rings. The number of esters is 1. The molecule has 2 amide bonds. The number of aryl methyl sites for hydroxylation is 3. The van der Waals surface area contributed by atoms with E-state index in [1.54, 1.807) is 47.6 Å². The maximum absolute atomic E-state index is 15.3. The molecule has 2 aromatic heterocycles. The Labute approximate surface area is 304 Å². The van der Waals surface area contributed by atoms with Crippen LogP contribution < -0.4 is 26.6 Å². The van der Waals surface area contributed by atoms with Gasteiger partial charge in [0.2, 0.25) is 5.91 Å². The van der Waals surface area contributed by atoms with E-state index in [0.717, 1.165) is 4.57 Å². The maximum atomic E-state index is 15.3. The summed E-state index contributed by atoms with van der Waals surface area (Å²) in [5.41, 5.74) is -2.19. The number of halogens is 2. The molecule has 0 unspecified atom stereocenters. The molecule has 53 heavy (non-hydrogen) atoms. The van der Waals surface area contributed by atoms with Crippen molar-refractivity contribution in [2.75, 3.05) is 10.0 Å². The molecule has 0 saturated carbocycles. The minimum atomic E-state index is -4.43. The van der Waals surface area contributed by atoms with Crippen molar-refractivity contribution in [3.05, 3.63) is 110 Å². The highest BCUT2D eigenvalue weighted by molar-refractivity contribution is 7.92.